The van der Waals surface area contributed by atoms with Gasteiger partial charge in [0, 0.05) is 31.4 Å². The number of aliphatic hydroxyl groups excluding tert-OH is 1. The van der Waals surface area contributed by atoms with E-state index in [4.69, 9.17) is 4.74 Å². The van der Waals surface area contributed by atoms with Crippen LogP contribution in [-0.4, -0.2) is 58.8 Å². The molecular formula is C19H29N3O3. The van der Waals surface area contributed by atoms with Gasteiger partial charge in [-0.15, -0.1) is 0 Å². The Morgan fingerprint density at radius 2 is 2.04 bits per heavy atom. The van der Waals surface area contributed by atoms with Crippen LogP contribution in [0.2, 0.25) is 0 Å². The molecule has 2 fully saturated rings. The second-order valence-electron chi connectivity index (χ2n) is 7.03. The molecule has 1 saturated carbocycles. The van der Waals surface area contributed by atoms with Crippen LogP contribution in [0.25, 0.3) is 0 Å². The van der Waals surface area contributed by atoms with Gasteiger partial charge in [0.05, 0.1) is 18.3 Å². The van der Waals surface area contributed by atoms with Crippen molar-refractivity contribution >= 4 is 11.8 Å². The van der Waals surface area contributed by atoms with Crippen LogP contribution in [0, 0.1) is 0 Å². The molecule has 0 spiro atoms. The van der Waals surface area contributed by atoms with Crippen molar-refractivity contribution in [1.29, 1.82) is 0 Å². The van der Waals surface area contributed by atoms with Crippen LogP contribution in [0.5, 0.6) is 0 Å². The lowest BCUT2D eigenvalue weighted by molar-refractivity contribution is 0.00992. The molecule has 1 aromatic rings. The van der Waals surface area contributed by atoms with Gasteiger partial charge in [-0.3, -0.25) is 4.90 Å². The lowest BCUT2D eigenvalue weighted by atomic mass is 9.89. The standard InChI is InChI=1S/C19H29N3O3/c1-2-25-19(24)14-7-8-18(20-13-14)21-15-9-11-22(12-10-15)16-5-3-4-6-17(16)23/h7-8,13,15-17,23H,2-6,9-12H2,1H3,(H,20,21). The zero-order valence-electron chi connectivity index (χ0n) is 15.0. The molecule has 138 valence electrons. The highest BCUT2D eigenvalue weighted by atomic mass is 16.5. The Kier molecular flexibility index (Phi) is 6.26. The number of aromatic nitrogens is 1. The van der Waals surface area contributed by atoms with E-state index in [1.165, 1.54) is 6.42 Å². The van der Waals surface area contributed by atoms with Crippen LogP contribution in [0.3, 0.4) is 0 Å². The molecule has 0 bridgehead atoms. The van der Waals surface area contributed by atoms with Crippen molar-refractivity contribution < 1.29 is 14.6 Å². The molecule has 1 aromatic heterocycles. The SMILES string of the molecule is CCOC(=O)c1ccc(NC2CCN(C3CCCCC3O)CC2)nc1. The Labute approximate surface area is 149 Å². The first-order valence-electron chi connectivity index (χ1n) is 9.49. The summed E-state index contributed by atoms with van der Waals surface area (Å²) in [4.78, 5) is 18.4. The molecule has 3 rings (SSSR count). The molecular weight excluding hydrogens is 318 g/mol. The van der Waals surface area contributed by atoms with Crippen LogP contribution in [0.15, 0.2) is 18.3 Å². The summed E-state index contributed by atoms with van der Waals surface area (Å²) in [5, 5.41) is 13.7. The van der Waals surface area contributed by atoms with Gasteiger partial charge in [-0.1, -0.05) is 12.8 Å². The Balaban J connectivity index is 1.48. The normalized spacial score (nSPS) is 25.5. The van der Waals surface area contributed by atoms with E-state index >= 15 is 0 Å². The summed E-state index contributed by atoms with van der Waals surface area (Å²) in [6.45, 7) is 4.19. The summed E-state index contributed by atoms with van der Waals surface area (Å²) in [7, 11) is 0. The van der Waals surface area contributed by atoms with Crippen LogP contribution in [0.1, 0.15) is 55.8 Å². The van der Waals surface area contributed by atoms with Crippen molar-refractivity contribution in [1.82, 2.24) is 9.88 Å². The van der Waals surface area contributed by atoms with Gasteiger partial charge < -0.3 is 15.2 Å². The first-order valence-corrected chi connectivity index (χ1v) is 9.49. The molecule has 0 amide bonds. The summed E-state index contributed by atoms with van der Waals surface area (Å²) in [5.74, 6) is 0.463. The number of carbonyl (C=O) groups excluding carboxylic acids is 1. The highest BCUT2D eigenvalue weighted by Gasteiger charge is 2.31. The molecule has 2 aliphatic rings. The number of nitrogens with one attached hydrogen (secondary N) is 1. The number of rotatable bonds is 5. The summed E-state index contributed by atoms with van der Waals surface area (Å²) >= 11 is 0. The molecule has 25 heavy (non-hydrogen) atoms. The first kappa shape index (κ1) is 18.1. The molecule has 0 aromatic carbocycles. The highest BCUT2D eigenvalue weighted by Crippen LogP contribution is 2.26. The van der Waals surface area contributed by atoms with Crippen molar-refractivity contribution in [2.75, 3.05) is 25.0 Å². The number of pyridine rings is 1. The number of carbonyl (C=O) groups is 1. The fourth-order valence-electron chi connectivity index (χ4n) is 3.92. The van der Waals surface area contributed by atoms with E-state index in [-0.39, 0.29) is 12.1 Å². The van der Waals surface area contributed by atoms with Gasteiger partial charge in [-0.25, -0.2) is 9.78 Å². The van der Waals surface area contributed by atoms with Crippen LogP contribution in [0.4, 0.5) is 5.82 Å². The average Bonchev–Trinajstić information content (AvgIpc) is 2.64. The van der Waals surface area contributed by atoms with Crippen LogP contribution in [-0.2, 0) is 4.74 Å². The van der Waals surface area contributed by atoms with E-state index in [1.54, 1.807) is 19.2 Å². The predicted molar refractivity (Wildman–Crippen MR) is 96.7 cm³/mol. The molecule has 2 N–H and O–H groups in total. The van der Waals surface area contributed by atoms with Crippen molar-refractivity contribution in [3.63, 3.8) is 0 Å². The molecule has 6 heteroatoms. The zero-order valence-corrected chi connectivity index (χ0v) is 15.0. The van der Waals surface area contributed by atoms with Gasteiger partial charge in [-0.2, -0.15) is 0 Å². The number of ether oxygens (including phenoxy) is 1. The number of esters is 1. The van der Waals surface area contributed by atoms with E-state index in [2.05, 4.69) is 15.2 Å². The number of piperidine rings is 1. The lowest BCUT2D eigenvalue weighted by Gasteiger charge is -2.41. The Hall–Kier alpha value is -1.66. The van der Waals surface area contributed by atoms with E-state index in [1.807, 2.05) is 6.07 Å². The maximum atomic E-state index is 11.7. The smallest absolute Gasteiger partial charge is 0.339 e. The van der Waals surface area contributed by atoms with Crippen LogP contribution < -0.4 is 5.32 Å². The summed E-state index contributed by atoms with van der Waals surface area (Å²) < 4.78 is 4.97. The molecule has 2 unspecified atom stereocenters. The predicted octanol–water partition coefficient (Wildman–Crippen LogP) is 2.44. The molecule has 0 radical (unpaired) electrons. The van der Waals surface area contributed by atoms with Crippen molar-refractivity contribution in [2.45, 2.75) is 63.6 Å². The third kappa shape index (κ3) is 4.70. The molecule has 1 aliphatic carbocycles. The monoisotopic (exact) mass is 347 g/mol. The molecule has 1 aliphatic heterocycles. The maximum Gasteiger partial charge on any atom is 0.339 e. The first-order chi connectivity index (χ1) is 12.2. The second kappa shape index (κ2) is 8.63. The number of hydrogen-bond donors (Lipinski definition) is 2. The molecule has 1 saturated heterocycles. The summed E-state index contributed by atoms with van der Waals surface area (Å²) in [5.41, 5.74) is 0.480. The number of nitrogens with zero attached hydrogens (tertiary/aromatic N) is 2. The Morgan fingerprint density at radius 3 is 2.68 bits per heavy atom. The minimum Gasteiger partial charge on any atom is -0.462 e. The molecule has 2 atom stereocenters. The minimum absolute atomic E-state index is 0.157. The quantitative estimate of drug-likeness (QED) is 0.797. The van der Waals surface area contributed by atoms with Crippen molar-refractivity contribution in [3.8, 4) is 0 Å². The zero-order chi connectivity index (χ0) is 17.6. The van der Waals surface area contributed by atoms with Crippen molar-refractivity contribution in [3.05, 3.63) is 23.9 Å². The number of hydrogen-bond acceptors (Lipinski definition) is 6. The third-order valence-electron chi connectivity index (χ3n) is 5.32. The van der Waals surface area contributed by atoms with Gasteiger partial charge in [0.15, 0.2) is 0 Å². The average molecular weight is 347 g/mol. The van der Waals surface area contributed by atoms with E-state index in [9.17, 15) is 9.90 Å². The van der Waals surface area contributed by atoms with E-state index in [0.717, 1.165) is 51.0 Å². The second-order valence-corrected chi connectivity index (χ2v) is 7.03. The van der Waals surface area contributed by atoms with Gasteiger partial charge in [0.1, 0.15) is 5.82 Å². The van der Waals surface area contributed by atoms with E-state index in [0.29, 0.717) is 24.3 Å². The summed E-state index contributed by atoms with van der Waals surface area (Å²) in [6.07, 6.45) is 7.95. The Morgan fingerprint density at radius 1 is 1.28 bits per heavy atom. The molecule has 2 heterocycles. The topological polar surface area (TPSA) is 74.7 Å². The highest BCUT2D eigenvalue weighted by molar-refractivity contribution is 5.89. The number of likely N-dealkylation sites (tertiary alicyclic amines) is 1. The maximum absolute atomic E-state index is 11.7. The summed E-state index contributed by atoms with van der Waals surface area (Å²) in [6, 6.07) is 4.32. The number of aliphatic hydroxyl groups is 1. The van der Waals surface area contributed by atoms with Crippen LogP contribution >= 0.6 is 0 Å². The molecule has 6 nitrogen and oxygen atoms in total. The van der Waals surface area contributed by atoms with Gasteiger partial charge in [0.2, 0.25) is 0 Å². The minimum atomic E-state index is -0.333. The van der Waals surface area contributed by atoms with Crippen molar-refractivity contribution in [2.24, 2.45) is 0 Å². The van der Waals surface area contributed by atoms with Gasteiger partial charge >= 0.3 is 5.97 Å². The lowest BCUT2D eigenvalue weighted by Crippen LogP contribution is -2.50. The van der Waals surface area contributed by atoms with Gasteiger partial charge in [0.25, 0.3) is 0 Å². The fourth-order valence-corrected chi connectivity index (χ4v) is 3.92. The van der Waals surface area contributed by atoms with E-state index < -0.39 is 0 Å². The fraction of sp³-hybridized carbons (Fsp3) is 0.684. The Bertz CT molecular complexity index is 556. The van der Waals surface area contributed by atoms with Gasteiger partial charge in [-0.05, 0) is 44.7 Å². The third-order valence-corrected chi connectivity index (χ3v) is 5.32. The largest absolute Gasteiger partial charge is 0.462 e. The number of anilines is 1.